The van der Waals surface area contributed by atoms with Crippen molar-refractivity contribution in [3.05, 3.63) is 12.1 Å². The minimum atomic E-state index is 1.16. The number of benzene rings is 1. The highest BCUT2D eigenvalue weighted by Crippen LogP contribution is 2.41. The molecule has 0 N–H and O–H groups in total. The second kappa shape index (κ2) is 6.15. The first-order valence-corrected chi connectivity index (χ1v) is 10.2. The van der Waals surface area contributed by atoms with Gasteiger partial charge in [0.15, 0.2) is 0 Å². The van der Waals surface area contributed by atoms with E-state index in [0.29, 0.717) is 0 Å². The van der Waals surface area contributed by atoms with Gasteiger partial charge in [-0.15, -0.1) is 0 Å². The van der Waals surface area contributed by atoms with Crippen LogP contribution in [0.2, 0.25) is 0 Å². The zero-order valence-corrected chi connectivity index (χ0v) is 16.0. The Hall–Kier alpha value is -1.16. The van der Waals surface area contributed by atoms with Crippen LogP contribution < -0.4 is 19.9 Å². The van der Waals surface area contributed by atoms with E-state index in [1.807, 2.05) is 0 Å². The van der Waals surface area contributed by atoms with Gasteiger partial charge in [-0.2, -0.15) is 0 Å². The molecule has 4 heteroatoms. The van der Waals surface area contributed by atoms with Crippen LogP contribution in [0, 0.1) is 0 Å². The number of anilines is 3. The quantitative estimate of drug-likeness (QED) is 0.782. The van der Waals surface area contributed by atoms with E-state index >= 15 is 0 Å². The van der Waals surface area contributed by atoms with Crippen LogP contribution in [0.3, 0.4) is 0 Å². The number of hydrogen-bond acceptors (Lipinski definition) is 3. The Labute approximate surface area is 137 Å². The Morgan fingerprint density at radius 3 is 1.59 bits per heavy atom. The van der Waals surface area contributed by atoms with Crippen LogP contribution >= 0.6 is 0 Å². The SMILES string of the molecule is [SiH3]c1ccc(N2CCCC2)c(N2CCCC2)c1N1CCCC1. The molecule has 0 radical (unpaired) electrons. The molecular weight excluding hydrogens is 286 g/mol. The third-order valence-corrected chi connectivity index (χ3v) is 6.43. The second-order valence-electron chi connectivity index (χ2n) is 7.18. The zero-order valence-electron chi connectivity index (χ0n) is 14.0. The van der Waals surface area contributed by atoms with Crippen LogP contribution in [0.1, 0.15) is 38.5 Å². The standard InChI is InChI=1S/C18H29N3Si/c22-16-8-7-15(19-9-1-2-10-19)17(20-11-3-4-12-20)18(16)21-13-5-6-14-21/h7-8H,1-6,9-14H2,22H3. The second-order valence-corrected chi connectivity index (χ2v) is 8.26. The molecule has 1 aromatic carbocycles. The van der Waals surface area contributed by atoms with Gasteiger partial charge in [0.1, 0.15) is 0 Å². The third-order valence-electron chi connectivity index (χ3n) is 5.62. The highest BCUT2D eigenvalue weighted by atomic mass is 28.1. The molecule has 3 saturated heterocycles. The topological polar surface area (TPSA) is 9.72 Å². The maximum Gasteiger partial charge on any atom is 0.0840 e. The summed E-state index contributed by atoms with van der Waals surface area (Å²) in [6, 6.07) is 4.86. The van der Waals surface area contributed by atoms with Gasteiger partial charge in [0.2, 0.25) is 0 Å². The molecule has 1 aromatic rings. The lowest BCUT2D eigenvalue weighted by atomic mass is 10.1. The highest BCUT2D eigenvalue weighted by Gasteiger charge is 2.28. The predicted octanol–water partition coefficient (Wildman–Crippen LogP) is 1.48. The summed E-state index contributed by atoms with van der Waals surface area (Å²) in [5, 5.41) is 1.60. The van der Waals surface area contributed by atoms with Crippen molar-refractivity contribution in [2.24, 2.45) is 0 Å². The lowest BCUT2D eigenvalue weighted by Crippen LogP contribution is -2.32. The molecule has 3 heterocycles. The molecule has 3 aliphatic rings. The molecule has 0 bridgehead atoms. The fourth-order valence-electron chi connectivity index (χ4n) is 4.48. The van der Waals surface area contributed by atoms with Crippen molar-refractivity contribution in [3.8, 4) is 0 Å². The molecule has 0 aromatic heterocycles. The summed E-state index contributed by atoms with van der Waals surface area (Å²) in [5.74, 6) is 0. The van der Waals surface area contributed by atoms with Gasteiger partial charge in [-0.05, 0) is 49.8 Å². The molecule has 0 aliphatic carbocycles. The molecule has 3 nitrogen and oxygen atoms in total. The van der Waals surface area contributed by atoms with Gasteiger partial charge in [0, 0.05) is 49.5 Å². The lowest BCUT2D eigenvalue weighted by molar-refractivity contribution is 0.907. The Morgan fingerprint density at radius 1 is 0.591 bits per heavy atom. The minimum Gasteiger partial charge on any atom is -0.370 e. The maximum absolute atomic E-state index is 2.70. The van der Waals surface area contributed by atoms with E-state index in [-0.39, 0.29) is 0 Å². The van der Waals surface area contributed by atoms with Crippen LogP contribution in [0.25, 0.3) is 0 Å². The van der Waals surface area contributed by atoms with Gasteiger partial charge < -0.3 is 14.7 Å². The first-order valence-electron chi connectivity index (χ1n) is 9.23. The van der Waals surface area contributed by atoms with E-state index in [0.717, 1.165) is 10.2 Å². The molecular formula is C18H29N3Si. The Balaban J connectivity index is 1.81. The van der Waals surface area contributed by atoms with Crippen molar-refractivity contribution < 1.29 is 0 Å². The van der Waals surface area contributed by atoms with E-state index in [2.05, 4.69) is 26.8 Å². The Bertz CT molecular complexity index is 527. The number of rotatable bonds is 3. The smallest absolute Gasteiger partial charge is 0.0840 e. The minimum absolute atomic E-state index is 1.16. The molecule has 120 valence electrons. The van der Waals surface area contributed by atoms with Crippen molar-refractivity contribution in [1.29, 1.82) is 0 Å². The Kier molecular flexibility index (Phi) is 4.03. The van der Waals surface area contributed by atoms with Crippen molar-refractivity contribution >= 4 is 32.5 Å². The van der Waals surface area contributed by atoms with E-state index in [1.165, 1.54) is 83.5 Å². The van der Waals surface area contributed by atoms with Crippen molar-refractivity contribution in [1.82, 2.24) is 0 Å². The highest BCUT2D eigenvalue weighted by molar-refractivity contribution is 6.37. The maximum atomic E-state index is 2.70. The average Bonchev–Trinajstić information content (AvgIpc) is 3.28. The van der Waals surface area contributed by atoms with Crippen LogP contribution in [0.5, 0.6) is 0 Å². The van der Waals surface area contributed by atoms with Crippen molar-refractivity contribution in [2.45, 2.75) is 38.5 Å². The van der Waals surface area contributed by atoms with Crippen LogP contribution in [0.4, 0.5) is 17.1 Å². The van der Waals surface area contributed by atoms with Gasteiger partial charge in [-0.25, -0.2) is 0 Å². The van der Waals surface area contributed by atoms with Gasteiger partial charge in [-0.1, -0.05) is 6.07 Å². The molecule has 3 aliphatic heterocycles. The first-order chi connectivity index (χ1) is 10.8. The van der Waals surface area contributed by atoms with E-state index in [4.69, 9.17) is 0 Å². The summed E-state index contributed by atoms with van der Waals surface area (Å²) in [4.78, 5) is 8.03. The largest absolute Gasteiger partial charge is 0.370 e. The van der Waals surface area contributed by atoms with E-state index in [9.17, 15) is 0 Å². The molecule has 4 rings (SSSR count). The lowest BCUT2D eigenvalue weighted by Gasteiger charge is -2.34. The number of hydrogen-bond donors (Lipinski definition) is 0. The van der Waals surface area contributed by atoms with Crippen LogP contribution in [-0.4, -0.2) is 49.5 Å². The summed E-state index contributed by atoms with van der Waals surface area (Å²) in [7, 11) is 1.16. The molecule has 22 heavy (non-hydrogen) atoms. The summed E-state index contributed by atoms with van der Waals surface area (Å²) < 4.78 is 0. The molecule has 0 spiro atoms. The molecule has 0 atom stereocenters. The molecule has 0 unspecified atom stereocenters. The molecule has 0 amide bonds. The first kappa shape index (κ1) is 14.4. The summed E-state index contributed by atoms with van der Waals surface area (Å²) >= 11 is 0. The summed E-state index contributed by atoms with van der Waals surface area (Å²) in [6.07, 6.45) is 8.19. The fourth-order valence-corrected chi connectivity index (χ4v) is 5.20. The molecule has 3 fully saturated rings. The summed E-state index contributed by atoms with van der Waals surface area (Å²) in [5.41, 5.74) is 4.73. The Morgan fingerprint density at radius 2 is 1.05 bits per heavy atom. The molecule has 0 saturated carbocycles. The van der Waals surface area contributed by atoms with Crippen LogP contribution in [-0.2, 0) is 0 Å². The van der Waals surface area contributed by atoms with E-state index < -0.39 is 0 Å². The average molecular weight is 316 g/mol. The monoisotopic (exact) mass is 315 g/mol. The third kappa shape index (κ3) is 2.51. The predicted molar refractivity (Wildman–Crippen MR) is 100 cm³/mol. The van der Waals surface area contributed by atoms with Gasteiger partial charge in [0.25, 0.3) is 0 Å². The summed E-state index contributed by atoms with van der Waals surface area (Å²) in [6.45, 7) is 7.54. The fraction of sp³-hybridized carbons (Fsp3) is 0.667. The van der Waals surface area contributed by atoms with Gasteiger partial charge in [-0.3, -0.25) is 0 Å². The normalized spacial score (nSPS) is 22.3. The van der Waals surface area contributed by atoms with Crippen molar-refractivity contribution in [2.75, 3.05) is 54.0 Å². The van der Waals surface area contributed by atoms with Crippen molar-refractivity contribution in [3.63, 3.8) is 0 Å². The van der Waals surface area contributed by atoms with E-state index in [1.54, 1.807) is 16.6 Å². The van der Waals surface area contributed by atoms with Gasteiger partial charge in [0.05, 0.1) is 17.1 Å². The van der Waals surface area contributed by atoms with Crippen LogP contribution in [0.15, 0.2) is 12.1 Å². The van der Waals surface area contributed by atoms with Gasteiger partial charge >= 0.3 is 0 Å². The zero-order chi connectivity index (χ0) is 14.9. The number of nitrogens with zero attached hydrogens (tertiary/aromatic N) is 3.